The predicted molar refractivity (Wildman–Crippen MR) is 110 cm³/mol. The summed E-state index contributed by atoms with van der Waals surface area (Å²) in [6.45, 7) is 2.10. The average Bonchev–Trinajstić information content (AvgIpc) is 3.09. The molecule has 0 aliphatic rings. The monoisotopic (exact) mass is 378 g/mol. The van der Waals surface area contributed by atoms with Crippen molar-refractivity contribution in [2.45, 2.75) is 25.7 Å². The highest BCUT2D eigenvalue weighted by Gasteiger charge is 2.24. The van der Waals surface area contributed by atoms with Crippen LogP contribution < -0.4 is 0 Å². The topological polar surface area (TPSA) is 62.4 Å². The molecular weight excluding hydrogens is 352 g/mol. The number of carbonyl (C=O) groups is 2. The number of aromatic amines is 1. The molecule has 3 rings (SSSR count). The van der Waals surface area contributed by atoms with Crippen molar-refractivity contribution in [1.29, 1.82) is 0 Å². The van der Waals surface area contributed by atoms with Crippen molar-refractivity contribution in [2.24, 2.45) is 0 Å². The van der Waals surface area contributed by atoms with Crippen LogP contribution in [0.5, 0.6) is 0 Å². The first-order valence-corrected chi connectivity index (χ1v) is 9.44. The van der Waals surface area contributed by atoms with Gasteiger partial charge >= 0.3 is 5.97 Å². The Morgan fingerprint density at radius 3 is 2.57 bits per heavy atom. The highest BCUT2D eigenvalue weighted by Crippen LogP contribution is 2.22. The van der Waals surface area contributed by atoms with Gasteiger partial charge in [0.25, 0.3) is 0 Å². The normalized spacial score (nSPS) is 12.0. The molecule has 1 unspecified atom stereocenters. The summed E-state index contributed by atoms with van der Waals surface area (Å²) < 4.78 is 5.46. The smallest absolute Gasteiger partial charge is 0.306 e. The van der Waals surface area contributed by atoms with Crippen LogP contribution in [-0.2, 0) is 20.7 Å². The van der Waals surface area contributed by atoms with Crippen LogP contribution in [0.15, 0.2) is 54.7 Å². The Balaban J connectivity index is 1.60. The summed E-state index contributed by atoms with van der Waals surface area (Å²) in [7, 11) is 3.41. The third-order valence-corrected chi connectivity index (χ3v) is 4.87. The van der Waals surface area contributed by atoms with Crippen molar-refractivity contribution < 1.29 is 14.3 Å². The molecule has 0 spiro atoms. The molecule has 146 valence electrons. The Kier molecular flexibility index (Phi) is 6.14. The minimum Gasteiger partial charge on any atom is -0.464 e. The number of ether oxygens (including phenoxy) is 1. The van der Waals surface area contributed by atoms with Gasteiger partial charge in [0, 0.05) is 37.6 Å². The maximum absolute atomic E-state index is 12.5. The lowest BCUT2D eigenvalue weighted by molar-refractivity contribution is -0.146. The molecular formula is C23H26N2O3. The molecule has 1 atom stereocenters. The fraction of sp³-hybridized carbons (Fsp3) is 0.304. The Morgan fingerprint density at radius 2 is 1.86 bits per heavy atom. The van der Waals surface area contributed by atoms with E-state index in [-0.39, 0.29) is 24.9 Å². The minimum atomic E-state index is -0.490. The van der Waals surface area contributed by atoms with Gasteiger partial charge in [0.15, 0.2) is 0 Å². The van der Waals surface area contributed by atoms with Crippen molar-refractivity contribution >= 4 is 22.8 Å². The van der Waals surface area contributed by atoms with Gasteiger partial charge in [-0.3, -0.25) is 9.59 Å². The first kappa shape index (κ1) is 19.7. The van der Waals surface area contributed by atoms with Crippen molar-refractivity contribution in [3.63, 3.8) is 0 Å². The van der Waals surface area contributed by atoms with Crippen LogP contribution in [0.2, 0.25) is 0 Å². The summed E-state index contributed by atoms with van der Waals surface area (Å²) in [4.78, 5) is 29.6. The molecule has 5 nitrogen and oxygen atoms in total. The molecule has 0 saturated heterocycles. The zero-order chi connectivity index (χ0) is 20.1. The number of benzene rings is 2. The first-order valence-electron chi connectivity index (χ1n) is 9.44. The van der Waals surface area contributed by atoms with Crippen molar-refractivity contribution in [2.75, 3.05) is 20.7 Å². The van der Waals surface area contributed by atoms with E-state index in [1.165, 1.54) is 10.5 Å². The third-order valence-electron chi connectivity index (χ3n) is 4.87. The number of carbonyl (C=O) groups excluding carboxylic acids is 2. The standard InChI is InChI=1S/C23H26N2O3/c1-16-9-11-19-18(14-24-21(19)13-16)10-12-22(26)28-15-20(23(27)25(2)3)17-7-5-4-6-8-17/h4-9,11,13-14,20,24H,10,12,15H2,1-3H3. The molecule has 1 amide bonds. The van der Waals surface area contributed by atoms with Crippen LogP contribution in [0.3, 0.4) is 0 Å². The summed E-state index contributed by atoms with van der Waals surface area (Å²) in [6, 6.07) is 15.7. The Morgan fingerprint density at radius 1 is 1.11 bits per heavy atom. The SMILES string of the molecule is Cc1ccc2c(CCC(=O)OCC(C(=O)N(C)C)c3ccccc3)c[nH]c2c1. The Labute approximate surface area is 165 Å². The molecule has 1 N–H and O–H groups in total. The molecule has 1 aromatic heterocycles. The fourth-order valence-electron chi connectivity index (χ4n) is 3.30. The second-order valence-corrected chi connectivity index (χ2v) is 7.24. The molecule has 0 aliphatic carbocycles. The molecule has 2 aromatic carbocycles. The molecule has 28 heavy (non-hydrogen) atoms. The minimum absolute atomic E-state index is 0.0486. The van der Waals surface area contributed by atoms with Gasteiger partial charge in [0.05, 0.1) is 5.92 Å². The van der Waals surface area contributed by atoms with Crippen molar-refractivity contribution in [1.82, 2.24) is 9.88 Å². The van der Waals surface area contributed by atoms with Crippen LogP contribution in [0.4, 0.5) is 0 Å². The lowest BCUT2D eigenvalue weighted by Crippen LogP contribution is -2.31. The van der Waals surface area contributed by atoms with Gasteiger partial charge in [0.1, 0.15) is 6.61 Å². The van der Waals surface area contributed by atoms with Gasteiger partial charge in [0.2, 0.25) is 5.91 Å². The van der Waals surface area contributed by atoms with Crippen molar-refractivity contribution in [3.05, 3.63) is 71.4 Å². The summed E-state index contributed by atoms with van der Waals surface area (Å²) >= 11 is 0. The van der Waals surface area contributed by atoms with E-state index >= 15 is 0 Å². The van der Waals surface area contributed by atoms with E-state index in [0.29, 0.717) is 6.42 Å². The summed E-state index contributed by atoms with van der Waals surface area (Å²) in [5.74, 6) is -0.865. The highest BCUT2D eigenvalue weighted by atomic mass is 16.5. The molecule has 1 heterocycles. The summed E-state index contributed by atoms with van der Waals surface area (Å²) in [5.41, 5.74) is 4.21. The van der Waals surface area contributed by atoms with E-state index in [2.05, 4.69) is 30.1 Å². The number of esters is 1. The number of rotatable bonds is 7. The first-order chi connectivity index (χ1) is 13.5. The molecule has 0 saturated carbocycles. The average molecular weight is 378 g/mol. The number of amides is 1. The Bertz CT molecular complexity index is 960. The third kappa shape index (κ3) is 4.60. The quantitative estimate of drug-likeness (QED) is 0.636. The van der Waals surface area contributed by atoms with Gasteiger partial charge in [-0.1, -0.05) is 42.5 Å². The second kappa shape index (κ2) is 8.74. The second-order valence-electron chi connectivity index (χ2n) is 7.24. The van der Waals surface area contributed by atoms with E-state index in [4.69, 9.17) is 4.74 Å². The van der Waals surface area contributed by atoms with E-state index in [0.717, 1.165) is 22.0 Å². The van der Waals surface area contributed by atoms with Crippen LogP contribution in [0, 0.1) is 6.92 Å². The van der Waals surface area contributed by atoms with Gasteiger partial charge in [-0.25, -0.2) is 0 Å². The molecule has 3 aromatic rings. The van der Waals surface area contributed by atoms with Crippen LogP contribution in [0.25, 0.3) is 10.9 Å². The van der Waals surface area contributed by atoms with E-state index < -0.39 is 5.92 Å². The largest absolute Gasteiger partial charge is 0.464 e. The van der Waals surface area contributed by atoms with Gasteiger partial charge in [-0.05, 0) is 36.1 Å². The number of nitrogens with one attached hydrogen (secondary N) is 1. The highest BCUT2D eigenvalue weighted by molar-refractivity contribution is 5.85. The van der Waals surface area contributed by atoms with Crippen molar-refractivity contribution in [3.8, 4) is 0 Å². The molecule has 0 bridgehead atoms. The number of hydrogen-bond donors (Lipinski definition) is 1. The fourth-order valence-corrected chi connectivity index (χ4v) is 3.30. The maximum atomic E-state index is 12.5. The zero-order valence-corrected chi connectivity index (χ0v) is 16.6. The van der Waals surface area contributed by atoms with E-state index in [9.17, 15) is 9.59 Å². The van der Waals surface area contributed by atoms with E-state index in [1.807, 2.05) is 36.5 Å². The van der Waals surface area contributed by atoms with Crippen LogP contribution in [0.1, 0.15) is 29.0 Å². The number of hydrogen-bond acceptors (Lipinski definition) is 3. The van der Waals surface area contributed by atoms with Gasteiger partial charge in [-0.15, -0.1) is 0 Å². The van der Waals surface area contributed by atoms with Gasteiger partial charge < -0.3 is 14.6 Å². The molecule has 0 fully saturated rings. The van der Waals surface area contributed by atoms with E-state index in [1.54, 1.807) is 14.1 Å². The van der Waals surface area contributed by atoms with Gasteiger partial charge in [-0.2, -0.15) is 0 Å². The maximum Gasteiger partial charge on any atom is 0.306 e. The number of likely N-dealkylation sites (N-methyl/N-ethyl adjacent to an activating group) is 1. The number of nitrogens with zero attached hydrogens (tertiary/aromatic N) is 1. The predicted octanol–water partition coefficient (Wildman–Crippen LogP) is 3.82. The van der Waals surface area contributed by atoms with Crippen LogP contribution >= 0.6 is 0 Å². The summed E-state index contributed by atoms with van der Waals surface area (Å²) in [5, 5.41) is 1.13. The number of aromatic nitrogens is 1. The lowest BCUT2D eigenvalue weighted by atomic mass is 9.99. The number of aryl methyl sites for hydroxylation is 2. The number of fused-ring (bicyclic) bond motifs is 1. The number of H-pyrrole nitrogens is 1. The zero-order valence-electron chi connectivity index (χ0n) is 16.6. The molecule has 5 heteroatoms. The summed E-state index contributed by atoms with van der Waals surface area (Å²) in [6.07, 6.45) is 2.82. The molecule has 0 aliphatic heterocycles. The molecule has 0 radical (unpaired) electrons. The lowest BCUT2D eigenvalue weighted by Gasteiger charge is -2.20. The Hall–Kier alpha value is -3.08. The van der Waals surface area contributed by atoms with Crippen LogP contribution in [-0.4, -0.2) is 42.5 Å².